The fraction of sp³-hybridized carbons (Fsp3) is 0.0952. The molecule has 4 aromatic rings. The maximum absolute atomic E-state index is 7.18. The van der Waals surface area contributed by atoms with Crippen LogP contribution < -0.4 is 10.6 Å². The Hall–Kier alpha value is -2.40. The highest BCUT2D eigenvalue weighted by Crippen LogP contribution is 2.36. The fourth-order valence-corrected chi connectivity index (χ4v) is 3.77. The number of H-pyrrole nitrogens is 1. The van der Waals surface area contributed by atoms with Crippen LogP contribution in [-0.4, -0.2) is 17.9 Å². The van der Waals surface area contributed by atoms with Crippen LogP contribution in [0.5, 0.6) is 0 Å². The van der Waals surface area contributed by atoms with E-state index in [1.807, 2.05) is 36.4 Å². The minimum absolute atomic E-state index is 0.521. The Balaban J connectivity index is 1.84. The molecule has 0 saturated heterocycles. The van der Waals surface area contributed by atoms with Crippen molar-refractivity contribution < 1.29 is 0 Å². The molecule has 0 atom stereocenters. The van der Waals surface area contributed by atoms with Gasteiger partial charge in [0.15, 0.2) is 0 Å². The predicted molar refractivity (Wildman–Crippen MR) is 121 cm³/mol. The minimum Gasteiger partial charge on any atom is -0.376 e. The lowest BCUT2D eigenvalue weighted by molar-refractivity contribution is 0.879. The van der Waals surface area contributed by atoms with Gasteiger partial charge in [-0.3, -0.25) is 5.41 Å². The second kappa shape index (κ2) is 7.92. The molecule has 0 amide bonds. The summed E-state index contributed by atoms with van der Waals surface area (Å²) < 4.78 is 0. The van der Waals surface area contributed by atoms with Gasteiger partial charge >= 0.3 is 0 Å². The number of aromatic nitrogens is 1. The van der Waals surface area contributed by atoms with Gasteiger partial charge in [0, 0.05) is 44.7 Å². The minimum atomic E-state index is 0.521. The molecule has 0 bridgehead atoms. The van der Waals surface area contributed by atoms with E-state index >= 15 is 0 Å². The topological polar surface area (TPSA) is 63.7 Å². The molecular formula is C21H17Cl3N4. The molecule has 1 aromatic heterocycles. The first kappa shape index (κ1) is 18.9. The number of fused-ring (bicyclic) bond motifs is 3. The van der Waals surface area contributed by atoms with Crippen molar-refractivity contribution in [2.45, 2.75) is 6.42 Å². The summed E-state index contributed by atoms with van der Waals surface area (Å²) >= 11 is 18.4. The normalized spacial score (nSPS) is 11.1. The summed E-state index contributed by atoms with van der Waals surface area (Å²) in [5.74, 6) is 0. The Kier molecular flexibility index (Phi) is 5.36. The number of hydrogen-bond acceptors (Lipinski definition) is 2. The molecule has 28 heavy (non-hydrogen) atoms. The Labute approximate surface area is 177 Å². The van der Waals surface area contributed by atoms with Crippen LogP contribution in [0.25, 0.3) is 21.8 Å². The van der Waals surface area contributed by atoms with Gasteiger partial charge in [-0.2, -0.15) is 0 Å². The molecule has 4 rings (SSSR count). The van der Waals surface area contributed by atoms with E-state index in [2.05, 4.69) is 27.8 Å². The summed E-state index contributed by atoms with van der Waals surface area (Å²) in [6.07, 6.45) is 1.97. The number of aromatic amines is 1. The first-order chi connectivity index (χ1) is 13.5. The molecule has 1 heterocycles. The quantitative estimate of drug-likeness (QED) is 0.155. The van der Waals surface area contributed by atoms with Crippen molar-refractivity contribution in [2.24, 2.45) is 0 Å². The van der Waals surface area contributed by atoms with E-state index in [0.29, 0.717) is 21.6 Å². The molecule has 0 fully saturated rings. The average Bonchev–Trinajstić information content (AvgIpc) is 3.02. The van der Waals surface area contributed by atoms with Crippen molar-refractivity contribution in [2.75, 3.05) is 11.9 Å². The van der Waals surface area contributed by atoms with Crippen molar-refractivity contribution >= 4 is 74.3 Å². The highest BCUT2D eigenvalue weighted by molar-refractivity contribution is 6.43. The zero-order chi connectivity index (χ0) is 19.7. The lowest BCUT2D eigenvalue weighted by Crippen LogP contribution is -2.14. The summed E-state index contributed by atoms with van der Waals surface area (Å²) in [7, 11) is 0. The van der Waals surface area contributed by atoms with Crippen LogP contribution in [0.2, 0.25) is 15.1 Å². The van der Waals surface area contributed by atoms with Crippen LogP contribution in [0, 0.1) is 5.41 Å². The number of benzene rings is 3. The molecule has 0 unspecified atom stereocenters. The SMILES string of the molecule is N=CNCCc1cc(Nc2ccc(Cl)cc2)cc2c1[nH]c1cc(Cl)c(Cl)cc12. The molecule has 4 nitrogen and oxygen atoms in total. The molecule has 142 valence electrons. The second-order valence-electron chi connectivity index (χ2n) is 6.48. The third-order valence-corrected chi connectivity index (χ3v) is 5.58. The van der Waals surface area contributed by atoms with E-state index < -0.39 is 0 Å². The van der Waals surface area contributed by atoms with Gasteiger partial charge in [0.05, 0.1) is 16.4 Å². The van der Waals surface area contributed by atoms with Crippen molar-refractivity contribution in [1.82, 2.24) is 10.3 Å². The monoisotopic (exact) mass is 430 g/mol. The van der Waals surface area contributed by atoms with Crippen LogP contribution in [-0.2, 0) is 6.42 Å². The zero-order valence-electron chi connectivity index (χ0n) is 14.7. The molecule has 0 radical (unpaired) electrons. The van der Waals surface area contributed by atoms with Gasteiger partial charge in [-0.05, 0) is 60.5 Å². The van der Waals surface area contributed by atoms with Gasteiger partial charge in [-0.25, -0.2) is 0 Å². The van der Waals surface area contributed by atoms with Crippen LogP contribution in [0.15, 0.2) is 48.5 Å². The van der Waals surface area contributed by atoms with E-state index in [1.165, 1.54) is 6.34 Å². The predicted octanol–water partition coefficient (Wildman–Crippen LogP) is 6.76. The smallest absolute Gasteiger partial charge is 0.0791 e. The van der Waals surface area contributed by atoms with Gasteiger partial charge < -0.3 is 15.6 Å². The number of nitrogens with one attached hydrogen (secondary N) is 4. The third-order valence-electron chi connectivity index (χ3n) is 4.60. The summed E-state index contributed by atoms with van der Waals surface area (Å²) in [5, 5.41) is 17.4. The maximum atomic E-state index is 7.18. The Morgan fingerprint density at radius 1 is 0.893 bits per heavy atom. The third kappa shape index (κ3) is 3.76. The largest absolute Gasteiger partial charge is 0.376 e. The summed E-state index contributed by atoms with van der Waals surface area (Å²) in [6.45, 7) is 0.667. The van der Waals surface area contributed by atoms with E-state index in [4.69, 9.17) is 40.2 Å². The van der Waals surface area contributed by atoms with Gasteiger partial charge in [0.25, 0.3) is 0 Å². The number of anilines is 2. The number of rotatable bonds is 6. The highest BCUT2D eigenvalue weighted by atomic mass is 35.5. The molecule has 0 aliphatic heterocycles. The molecule has 3 aromatic carbocycles. The molecule has 0 aliphatic rings. The van der Waals surface area contributed by atoms with Gasteiger partial charge in [0.1, 0.15) is 0 Å². The standard InChI is InChI=1S/C21H17Cl3N4/c22-13-1-3-14(4-2-13)27-15-7-12(5-6-26-11-25)21-17(8-15)16-9-18(23)19(24)10-20(16)28-21/h1-4,7-11,27-28H,5-6H2,(H2,25,26). The summed E-state index contributed by atoms with van der Waals surface area (Å²) in [4.78, 5) is 3.47. The zero-order valence-corrected chi connectivity index (χ0v) is 17.0. The Morgan fingerprint density at radius 2 is 1.64 bits per heavy atom. The van der Waals surface area contributed by atoms with Crippen molar-refractivity contribution in [3.63, 3.8) is 0 Å². The van der Waals surface area contributed by atoms with Gasteiger partial charge in [0.2, 0.25) is 0 Å². The van der Waals surface area contributed by atoms with E-state index in [0.717, 1.165) is 45.2 Å². The molecular weight excluding hydrogens is 415 g/mol. The van der Waals surface area contributed by atoms with E-state index in [1.54, 1.807) is 0 Å². The van der Waals surface area contributed by atoms with Gasteiger partial charge in [-0.15, -0.1) is 0 Å². The fourth-order valence-electron chi connectivity index (χ4n) is 3.32. The molecule has 7 heteroatoms. The summed E-state index contributed by atoms with van der Waals surface area (Å²) in [6, 6.07) is 15.5. The average molecular weight is 432 g/mol. The lowest BCUT2D eigenvalue weighted by atomic mass is 10.0. The maximum Gasteiger partial charge on any atom is 0.0791 e. The highest BCUT2D eigenvalue weighted by Gasteiger charge is 2.13. The van der Waals surface area contributed by atoms with Crippen molar-refractivity contribution in [3.05, 3.63) is 69.2 Å². The molecule has 0 spiro atoms. The Bertz CT molecular complexity index is 1170. The molecule has 4 N–H and O–H groups in total. The number of halogens is 3. The van der Waals surface area contributed by atoms with E-state index in [9.17, 15) is 0 Å². The molecule has 0 aliphatic carbocycles. The van der Waals surface area contributed by atoms with E-state index in [-0.39, 0.29) is 0 Å². The first-order valence-electron chi connectivity index (χ1n) is 8.73. The van der Waals surface area contributed by atoms with Crippen LogP contribution >= 0.6 is 34.8 Å². The first-order valence-corrected chi connectivity index (χ1v) is 9.87. The molecule has 0 saturated carbocycles. The van der Waals surface area contributed by atoms with Crippen molar-refractivity contribution in [1.29, 1.82) is 5.41 Å². The van der Waals surface area contributed by atoms with Crippen LogP contribution in [0.1, 0.15) is 5.56 Å². The lowest BCUT2D eigenvalue weighted by Gasteiger charge is -2.11. The van der Waals surface area contributed by atoms with Gasteiger partial charge in [-0.1, -0.05) is 34.8 Å². The van der Waals surface area contributed by atoms with Crippen molar-refractivity contribution in [3.8, 4) is 0 Å². The van der Waals surface area contributed by atoms with Crippen LogP contribution in [0.3, 0.4) is 0 Å². The van der Waals surface area contributed by atoms with Crippen LogP contribution in [0.4, 0.5) is 11.4 Å². The second-order valence-corrected chi connectivity index (χ2v) is 7.73. The number of hydrogen-bond donors (Lipinski definition) is 4. The summed E-state index contributed by atoms with van der Waals surface area (Å²) in [5.41, 5.74) is 5.03. The Morgan fingerprint density at radius 3 is 2.39 bits per heavy atom.